The fourth-order valence-electron chi connectivity index (χ4n) is 8.19. The zero-order valence-corrected chi connectivity index (χ0v) is 15.2. The minimum Gasteiger partial charge on any atom is -0.393 e. The molecule has 3 N–H and O–H groups in total. The summed E-state index contributed by atoms with van der Waals surface area (Å²) in [7, 11) is 0. The first-order chi connectivity index (χ1) is 11.5. The van der Waals surface area contributed by atoms with Crippen LogP contribution in [0, 0.1) is 34.0 Å². The molecule has 24 heavy (non-hydrogen) atoms. The van der Waals surface area contributed by atoms with Crippen LogP contribution in [-0.4, -0.2) is 16.9 Å². The zero-order chi connectivity index (χ0) is 16.7. The van der Waals surface area contributed by atoms with Crippen LogP contribution in [-0.2, 0) is 0 Å². The Balaban J connectivity index is 1.48. The second-order valence-corrected chi connectivity index (χ2v) is 9.86. The molecule has 1 spiro atoms. The quantitative estimate of drug-likeness (QED) is 0.331. The number of allylic oxidation sites excluding steroid dienone is 1. The fourth-order valence-corrected chi connectivity index (χ4v) is 8.19. The molecule has 3 heteroatoms. The van der Waals surface area contributed by atoms with Gasteiger partial charge in [-0.25, -0.2) is 0 Å². The van der Waals surface area contributed by atoms with Crippen molar-refractivity contribution in [1.82, 2.24) is 0 Å². The van der Waals surface area contributed by atoms with E-state index in [2.05, 4.69) is 25.0 Å². The van der Waals surface area contributed by atoms with Crippen molar-refractivity contribution in [1.29, 1.82) is 0 Å². The van der Waals surface area contributed by atoms with E-state index in [1.807, 2.05) is 0 Å². The Bertz CT molecular complexity index is 640. The predicted molar refractivity (Wildman–Crippen MR) is 96.4 cm³/mol. The molecule has 4 saturated carbocycles. The Morgan fingerprint density at radius 1 is 1.21 bits per heavy atom. The topological polar surface area (TPSA) is 58.6 Å². The van der Waals surface area contributed by atoms with Crippen LogP contribution in [0.15, 0.2) is 16.8 Å². The van der Waals surface area contributed by atoms with E-state index in [9.17, 15) is 5.11 Å². The van der Waals surface area contributed by atoms with Crippen molar-refractivity contribution in [2.75, 3.05) is 0 Å². The summed E-state index contributed by atoms with van der Waals surface area (Å²) in [5, 5.41) is 14.3. The third-order valence-electron chi connectivity index (χ3n) is 9.50. The molecule has 0 amide bonds. The maximum absolute atomic E-state index is 10.1. The van der Waals surface area contributed by atoms with Gasteiger partial charge in [-0.1, -0.05) is 18.6 Å². The summed E-state index contributed by atoms with van der Waals surface area (Å²) < 4.78 is 0. The van der Waals surface area contributed by atoms with E-state index < -0.39 is 0 Å². The van der Waals surface area contributed by atoms with E-state index in [-0.39, 0.29) is 6.10 Å². The van der Waals surface area contributed by atoms with Crippen molar-refractivity contribution in [3.63, 3.8) is 0 Å². The molecule has 7 atom stereocenters. The Morgan fingerprint density at radius 2 is 2.00 bits per heavy atom. The molecule has 5 rings (SSSR count). The molecule has 0 aromatic heterocycles. The van der Waals surface area contributed by atoms with E-state index in [1.165, 1.54) is 50.7 Å². The zero-order valence-electron chi connectivity index (χ0n) is 15.2. The first kappa shape index (κ1) is 15.4. The molecule has 0 heterocycles. The Labute approximate surface area is 145 Å². The number of hydrogen-bond acceptors (Lipinski definition) is 3. The average molecular weight is 329 g/mol. The molecule has 3 nitrogen and oxygen atoms in total. The van der Waals surface area contributed by atoms with Gasteiger partial charge in [0.05, 0.1) is 6.10 Å². The Morgan fingerprint density at radius 3 is 2.79 bits per heavy atom. The van der Waals surface area contributed by atoms with Crippen molar-refractivity contribution in [2.45, 2.75) is 77.7 Å². The normalized spacial score (nSPS) is 55.8. The standard InChI is InChI=1S/C21H32N2O/c1-13(23-22)20-9-7-18-16-4-3-14-11-15(24)5-8-19(14,2)17(16)6-10-21(18,20)12-20/h3,15-18,24H,4-12,22H2,1-2H3/b23-13+/t15-,16+,17-,18-,19-,20+,21+/m0/s1. The fraction of sp³-hybridized carbons (Fsp3) is 0.857. The number of fused-ring (bicyclic) bond motifs is 4. The number of hydrazone groups is 1. The van der Waals surface area contributed by atoms with Crippen molar-refractivity contribution in [3.05, 3.63) is 11.6 Å². The lowest BCUT2D eigenvalue weighted by atomic mass is 9.49. The van der Waals surface area contributed by atoms with Gasteiger partial charge in [-0.2, -0.15) is 5.10 Å². The lowest BCUT2D eigenvalue weighted by molar-refractivity contribution is -0.0185. The first-order valence-electron chi connectivity index (χ1n) is 10.1. The number of nitrogens with two attached hydrogens (primary N) is 1. The molecule has 0 unspecified atom stereocenters. The molecule has 0 bridgehead atoms. The van der Waals surface area contributed by atoms with Crippen LogP contribution in [0.5, 0.6) is 0 Å². The maximum Gasteiger partial charge on any atom is 0.0577 e. The summed E-state index contributed by atoms with van der Waals surface area (Å²) in [6, 6.07) is 0. The monoisotopic (exact) mass is 328 g/mol. The van der Waals surface area contributed by atoms with Crippen molar-refractivity contribution in [2.24, 2.45) is 44.9 Å². The molecule has 132 valence electrons. The average Bonchev–Trinajstić information content (AvgIpc) is 3.11. The molecule has 0 aromatic carbocycles. The van der Waals surface area contributed by atoms with Gasteiger partial charge in [-0.3, -0.25) is 0 Å². The number of hydrogen-bond donors (Lipinski definition) is 2. The highest BCUT2D eigenvalue weighted by Crippen LogP contribution is 2.82. The summed E-state index contributed by atoms with van der Waals surface area (Å²) in [6.07, 6.45) is 13.6. The Hall–Kier alpha value is -0.830. The van der Waals surface area contributed by atoms with Gasteiger partial charge in [-0.05, 0) is 93.3 Å². The van der Waals surface area contributed by atoms with Crippen molar-refractivity contribution < 1.29 is 5.11 Å². The van der Waals surface area contributed by atoms with Crippen LogP contribution >= 0.6 is 0 Å². The maximum atomic E-state index is 10.1. The predicted octanol–water partition coefficient (Wildman–Crippen LogP) is 4.01. The third kappa shape index (κ3) is 1.61. The van der Waals surface area contributed by atoms with Crippen LogP contribution < -0.4 is 5.84 Å². The van der Waals surface area contributed by atoms with E-state index in [4.69, 9.17) is 5.84 Å². The van der Waals surface area contributed by atoms with E-state index in [0.29, 0.717) is 16.2 Å². The number of rotatable bonds is 1. The van der Waals surface area contributed by atoms with Crippen LogP contribution in [0.1, 0.15) is 71.6 Å². The smallest absolute Gasteiger partial charge is 0.0577 e. The highest BCUT2D eigenvalue weighted by Gasteiger charge is 2.77. The molecule has 0 aromatic rings. The van der Waals surface area contributed by atoms with Gasteiger partial charge in [-0.15, -0.1) is 0 Å². The second kappa shape index (κ2) is 4.66. The van der Waals surface area contributed by atoms with Crippen LogP contribution in [0.2, 0.25) is 0 Å². The summed E-state index contributed by atoms with van der Waals surface area (Å²) in [5.41, 5.74) is 4.07. The van der Waals surface area contributed by atoms with Gasteiger partial charge in [0.15, 0.2) is 0 Å². The highest BCUT2D eigenvalue weighted by atomic mass is 16.3. The number of nitrogens with zero attached hydrogens (tertiary/aromatic N) is 1. The molecular weight excluding hydrogens is 296 g/mol. The summed E-state index contributed by atoms with van der Waals surface area (Å²) in [6.45, 7) is 4.69. The van der Waals surface area contributed by atoms with Crippen LogP contribution in [0.25, 0.3) is 0 Å². The van der Waals surface area contributed by atoms with Gasteiger partial charge in [0.25, 0.3) is 0 Å². The lowest BCUT2D eigenvalue weighted by Gasteiger charge is -2.56. The van der Waals surface area contributed by atoms with E-state index in [0.717, 1.165) is 30.6 Å². The largest absolute Gasteiger partial charge is 0.393 e. The van der Waals surface area contributed by atoms with Gasteiger partial charge in [0, 0.05) is 11.1 Å². The molecular formula is C21H32N2O. The van der Waals surface area contributed by atoms with Crippen LogP contribution in [0.3, 0.4) is 0 Å². The molecule has 0 saturated heterocycles. The minimum atomic E-state index is -0.0956. The summed E-state index contributed by atoms with van der Waals surface area (Å²) >= 11 is 0. The molecule has 5 aliphatic rings. The van der Waals surface area contributed by atoms with Gasteiger partial charge in [0.2, 0.25) is 0 Å². The van der Waals surface area contributed by atoms with Crippen molar-refractivity contribution in [3.8, 4) is 0 Å². The molecule has 5 aliphatic carbocycles. The first-order valence-corrected chi connectivity index (χ1v) is 10.1. The lowest BCUT2D eigenvalue weighted by Crippen LogP contribution is -2.48. The van der Waals surface area contributed by atoms with Gasteiger partial charge in [0.1, 0.15) is 0 Å². The number of aliphatic hydroxyl groups excluding tert-OH is 1. The molecule has 4 fully saturated rings. The summed E-state index contributed by atoms with van der Waals surface area (Å²) in [5.74, 6) is 8.27. The number of aliphatic hydroxyl groups is 1. The highest BCUT2D eigenvalue weighted by molar-refractivity contribution is 5.92. The third-order valence-corrected chi connectivity index (χ3v) is 9.50. The van der Waals surface area contributed by atoms with E-state index in [1.54, 1.807) is 5.57 Å². The molecule has 0 radical (unpaired) electrons. The molecule has 0 aliphatic heterocycles. The SMILES string of the molecule is C/C(=N\N)[C@]12CC[C@H]3[C@@H]4CC=C5C[C@@H](O)CC[C@]5(C)[C@H]4CC[C@@]31C2. The van der Waals surface area contributed by atoms with E-state index >= 15 is 0 Å². The van der Waals surface area contributed by atoms with Gasteiger partial charge >= 0.3 is 0 Å². The minimum absolute atomic E-state index is 0.0956. The summed E-state index contributed by atoms with van der Waals surface area (Å²) in [4.78, 5) is 0. The van der Waals surface area contributed by atoms with Crippen molar-refractivity contribution >= 4 is 5.71 Å². The Kier molecular flexibility index (Phi) is 3.00. The van der Waals surface area contributed by atoms with Crippen LogP contribution in [0.4, 0.5) is 0 Å². The second-order valence-electron chi connectivity index (χ2n) is 9.86. The van der Waals surface area contributed by atoms with Gasteiger partial charge < -0.3 is 10.9 Å².